The zero-order chi connectivity index (χ0) is 11.4. The van der Waals surface area contributed by atoms with Gasteiger partial charge < -0.3 is 5.32 Å². The molecule has 2 aliphatic carbocycles. The highest BCUT2D eigenvalue weighted by atomic mass is 14.9. The second kappa shape index (κ2) is 5.49. The molecule has 1 heteroatoms. The van der Waals surface area contributed by atoms with Gasteiger partial charge in [0.05, 0.1) is 0 Å². The van der Waals surface area contributed by atoms with Crippen LogP contribution in [0.25, 0.3) is 0 Å². The molecule has 0 spiro atoms. The molecule has 16 heavy (non-hydrogen) atoms. The lowest BCUT2D eigenvalue weighted by molar-refractivity contribution is 0.474. The maximum Gasteiger partial charge on any atom is 0.0293 e. The van der Waals surface area contributed by atoms with Gasteiger partial charge in [0.2, 0.25) is 0 Å². The second-order valence-electron chi connectivity index (χ2n) is 4.90. The molecule has 0 heterocycles. The van der Waals surface area contributed by atoms with Crippen molar-refractivity contribution >= 4 is 0 Å². The Balaban J connectivity index is 1.95. The van der Waals surface area contributed by atoms with E-state index in [4.69, 9.17) is 0 Å². The van der Waals surface area contributed by atoms with Gasteiger partial charge in [0.1, 0.15) is 0 Å². The average molecular weight is 217 g/mol. The largest absolute Gasteiger partial charge is 0.307 e. The molecule has 1 nitrogen and oxygen atoms in total. The molecule has 0 amide bonds. The Bertz CT molecular complexity index is 305. The number of rotatable bonds is 4. The van der Waals surface area contributed by atoms with Gasteiger partial charge in [-0.1, -0.05) is 44.6 Å². The number of hydrogen-bond acceptors (Lipinski definition) is 1. The fourth-order valence-electron chi connectivity index (χ4n) is 2.84. The molecular formula is C15H23N. The van der Waals surface area contributed by atoms with Crippen LogP contribution in [0.5, 0.6) is 0 Å². The summed E-state index contributed by atoms with van der Waals surface area (Å²) in [6.07, 6.45) is 14.5. The van der Waals surface area contributed by atoms with E-state index >= 15 is 0 Å². The second-order valence-corrected chi connectivity index (χ2v) is 4.90. The van der Waals surface area contributed by atoms with Crippen molar-refractivity contribution in [2.24, 2.45) is 0 Å². The SMILES string of the molecule is C=CC1=CCC(NC2CCCC2)C=C1CC. The van der Waals surface area contributed by atoms with E-state index in [1.807, 2.05) is 6.08 Å². The van der Waals surface area contributed by atoms with Crippen LogP contribution in [0, 0.1) is 0 Å². The molecule has 1 atom stereocenters. The Labute approximate surface area is 99.3 Å². The summed E-state index contributed by atoms with van der Waals surface area (Å²) < 4.78 is 0. The summed E-state index contributed by atoms with van der Waals surface area (Å²) in [7, 11) is 0. The summed E-state index contributed by atoms with van der Waals surface area (Å²) >= 11 is 0. The van der Waals surface area contributed by atoms with Gasteiger partial charge >= 0.3 is 0 Å². The fraction of sp³-hybridized carbons (Fsp3) is 0.600. The first-order valence-corrected chi connectivity index (χ1v) is 6.63. The van der Waals surface area contributed by atoms with E-state index in [1.54, 1.807) is 0 Å². The number of nitrogens with one attached hydrogen (secondary N) is 1. The van der Waals surface area contributed by atoms with E-state index in [0.29, 0.717) is 6.04 Å². The van der Waals surface area contributed by atoms with E-state index in [0.717, 1.165) is 18.9 Å². The van der Waals surface area contributed by atoms with Crippen LogP contribution in [0.2, 0.25) is 0 Å². The molecule has 1 fully saturated rings. The predicted octanol–water partition coefficient (Wildman–Crippen LogP) is 3.74. The first kappa shape index (κ1) is 11.7. The van der Waals surface area contributed by atoms with Crippen molar-refractivity contribution in [3.8, 4) is 0 Å². The van der Waals surface area contributed by atoms with E-state index in [2.05, 4.69) is 31.0 Å². The summed E-state index contributed by atoms with van der Waals surface area (Å²) in [6, 6.07) is 1.32. The number of allylic oxidation sites excluding steroid dienone is 3. The maximum atomic E-state index is 3.88. The molecule has 1 N–H and O–H groups in total. The fourth-order valence-corrected chi connectivity index (χ4v) is 2.84. The van der Waals surface area contributed by atoms with Crippen molar-refractivity contribution in [3.05, 3.63) is 36.0 Å². The lowest BCUT2D eigenvalue weighted by atomic mass is 9.92. The van der Waals surface area contributed by atoms with Crippen LogP contribution in [0.1, 0.15) is 45.4 Å². The molecule has 2 aliphatic rings. The average Bonchev–Trinajstić information content (AvgIpc) is 2.81. The lowest BCUT2D eigenvalue weighted by Crippen LogP contribution is -2.36. The Morgan fingerprint density at radius 2 is 2.19 bits per heavy atom. The van der Waals surface area contributed by atoms with Crippen molar-refractivity contribution in [2.45, 2.75) is 57.5 Å². The van der Waals surface area contributed by atoms with Crippen LogP contribution in [-0.2, 0) is 0 Å². The van der Waals surface area contributed by atoms with Crippen LogP contribution >= 0.6 is 0 Å². The third-order valence-corrected chi connectivity index (χ3v) is 3.77. The monoisotopic (exact) mass is 217 g/mol. The maximum absolute atomic E-state index is 3.88. The molecule has 0 aliphatic heterocycles. The third-order valence-electron chi connectivity index (χ3n) is 3.77. The standard InChI is InChI=1S/C15H23N/c1-3-12-9-10-15(11-13(12)4-2)16-14-7-5-6-8-14/h3,9,11,14-16H,1,4-8,10H2,2H3. The predicted molar refractivity (Wildman–Crippen MR) is 70.5 cm³/mol. The van der Waals surface area contributed by atoms with Crippen molar-refractivity contribution < 1.29 is 0 Å². The van der Waals surface area contributed by atoms with Crippen LogP contribution in [0.4, 0.5) is 0 Å². The quantitative estimate of drug-likeness (QED) is 0.756. The minimum atomic E-state index is 0.557. The van der Waals surface area contributed by atoms with Gasteiger partial charge in [-0.25, -0.2) is 0 Å². The van der Waals surface area contributed by atoms with Gasteiger partial charge in [0.15, 0.2) is 0 Å². The molecular weight excluding hydrogens is 194 g/mol. The van der Waals surface area contributed by atoms with Crippen molar-refractivity contribution in [1.82, 2.24) is 5.32 Å². The molecule has 0 aromatic heterocycles. The summed E-state index contributed by atoms with van der Waals surface area (Å²) in [5.41, 5.74) is 2.80. The molecule has 0 aromatic rings. The summed E-state index contributed by atoms with van der Waals surface area (Å²) in [5, 5.41) is 3.77. The Hall–Kier alpha value is -0.820. The summed E-state index contributed by atoms with van der Waals surface area (Å²) in [5.74, 6) is 0. The Morgan fingerprint density at radius 1 is 1.44 bits per heavy atom. The lowest BCUT2D eigenvalue weighted by Gasteiger charge is -2.24. The minimum absolute atomic E-state index is 0.557. The Kier molecular flexibility index (Phi) is 4.00. The molecule has 1 saturated carbocycles. The number of hydrogen-bond donors (Lipinski definition) is 1. The molecule has 1 unspecified atom stereocenters. The summed E-state index contributed by atoms with van der Waals surface area (Å²) in [4.78, 5) is 0. The van der Waals surface area contributed by atoms with Crippen LogP contribution in [-0.4, -0.2) is 12.1 Å². The first-order valence-electron chi connectivity index (χ1n) is 6.63. The molecule has 0 radical (unpaired) electrons. The van der Waals surface area contributed by atoms with Crippen molar-refractivity contribution in [3.63, 3.8) is 0 Å². The minimum Gasteiger partial charge on any atom is -0.307 e. The van der Waals surface area contributed by atoms with Crippen molar-refractivity contribution in [2.75, 3.05) is 0 Å². The van der Waals surface area contributed by atoms with Crippen molar-refractivity contribution in [1.29, 1.82) is 0 Å². The molecule has 88 valence electrons. The summed E-state index contributed by atoms with van der Waals surface area (Å²) in [6.45, 7) is 6.10. The van der Waals surface area contributed by atoms with E-state index in [9.17, 15) is 0 Å². The zero-order valence-electron chi connectivity index (χ0n) is 10.3. The highest BCUT2D eigenvalue weighted by Crippen LogP contribution is 2.24. The van der Waals surface area contributed by atoms with Crippen LogP contribution in [0.3, 0.4) is 0 Å². The van der Waals surface area contributed by atoms with Gasteiger partial charge in [0, 0.05) is 12.1 Å². The third kappa shape index (κ3) is 2.65. The smallest absolute Gasteiger partial charge is 0.0293 e. The van der Waals surface area contributed by atoms with E-state index in [-0.39, 0.29) is 0 Å². The zero-order valence-corrected chi connectivity index (χ0v) is 10.3. The first-order chi connectivity index (χ1) is 7.83. The van der Waals surface area contributed by atoms with Crippen LogP contribution < -0.4 is 5.32 Å². The topological polar surface area (TPSA) is 12.0 Å². The molecule has 0 bridgehead atoms. The highest BCUT2D eigenvalue weighted by molar-refractivity contribution is 5.42. The Morgan fingerprint density at radius 3 is 2.81 bits per heavy atom. The van der Waals surface area contributed by atoms with Gasteiger partial charge in [-0.15, -0.1) is 0 Å². The van der Waals surface area contributed by atoms with Gasteiger partial charge in [-0.2, -0.15) is 0 Å². The van der Waals surface area contributed by atoms with Gasteiger partial charge in [-0.3, -0.25) is 0 Å². The van der Waals surface area contributed by atoms with Gasteiger partial charge in [0.25, 0.3) is 0 Å². The molecule has 2 rings (SSSR count). The van der Waals surface area contributed by atoms with E-state index < -0.39 is 0 Å². The van der Waals surface area contributed by atoms with Gasteiger partial charge in [-0.05, 0) is 36.8 Å². The van der Waals surface area contributed by atoms with E-state index in [1.165, 1.54) is 36.8 Å². The molecule has 0 aromatic carbocycles. The highest BCUT2D eigenvalue weighted by Gasteiger charge is 2.19. The molecule has 0 saturated heterocycles. The van der Waals surface area contributed by atoms with Crippen LogP contribution in [0.15, 0.2) is 36.0 Å². The normalized spacial score (nSPS) is 26.4.